The summed E-state index contributed by atoms with van der Waals surface area (Å²) in [6.07, 6.45) is 4.17. The predicted molar refractivity (Wildman–Crippen MR) is 130 cm³/mol. The molecule has 6 aromatic rings. The molecular formula is C25H18N6O2. The number of phenolic OH excluding ortho intramolecular Hbond substituents is 1. The van der Waals surface area contributed by atoms with Crippen LogP contribution in [-0.4, -0.2) is 31.3 Å². The Morgan fingerprint density at radius 1 is 0.697 bits per heavy atom. The number of aromatic nitrogens is 4. The van der Waals surface area contributed by atoms with Crippen LogP contribution in [0.4, 0.5) is 11.6 Å². The topological polar surface area (TPSA) is 141 Å². The summed E-state index contributed by atoms with van der Waals surface area (Å²) in [7, 11) is 0. The zero-order valence-electron chi connectivity index (χ0n) is 17.3. The first kappa shape index (κ1) is 20.1. The van der Waals surface area contributed by atoms with Crippen LogP contribution in [-0.2, 0) is 0 Å². The SMILES string of the molecule is Nc1nc2cc(C=O)ccc2c2cccnc12.Nc1nc2cc(O)ccc2c2cccnc12. The highest BCUT2D eigenvalue weighted by Gasteiger charge is 2.08. The van der Waals surface area contributed by atoms with Crippen molar-refractivity contribution in [1.29, 1.82) is 0 Å². The number of fused-ring (bicyclic) bond motifs is 6. The Morgan fingerprint density at radius 2 is 1.24 bits per heavy atom. The van der Waals surface area contributed by atoms with Gasteiger partial charge in [-0.15, -0.1) is 0 Å². The zero-order chi connectivity index (χ0) is 22.9. The van der Waals surface area contributed by atoms with E-state index < -0.39 is 0 Å². The Kier molecular flexibility index (Phi) is 4.87. The van der Waals surface area contributed by atoms with Crippen LogP contribution in [0.2, 0.25) is 0 Å². The van der Waals surface area contributed by atoms with Crippen molar-refractivity contribution in [1.82, 2.24) is 19.9 Å². The summed E-state index contributed by atoms with van der Waals surface area (Å²) in [4.78, 5) is 27.6. The highest BCUT2D eigenvalue weighted by Crippen LogP contribution is 2.28. The summed E-state index contributed by atoms with van der Waals surface area (Å²) >= 11 is 0. The molecule has 0 amide bonds. The van der Waals surface area contributed by atoms with Crippen LogP contribution in [0.25, 0.3) is 43.6 Å². The number of nitrogen functional groups attached to an aromatic ring is 2. The summed E-state index contributed by atoms with van der Waals surface area (Å²) in [6, 6.07) is 18.0. The minimum atomic E-state index is 0.183. The van der Waals surface area contributed by atoms with E-state index in [1.807, 2.05) is 36.4 Å². The number of pyridine rings is 4. The van der Waals surface area contributed by atoms with Gasteiger partial charge in [0, 0.05) is 45.6 Å². The fourth-order valence-electron chi connectivity index (χ4n) is 3.80. The summed E-state index contributed by atoms with van der Waals surface area (Å²) < 4.78 is 0. The third-order valence-corrected chi connectivity index (χ3v) is 5.30. The lowest BCUT2D eigenvalue weighted by Gasteiger charge is -2.05. The van der Waals surface area contributed by atoms with E-state index in [0.717, 1.165) is 27.8 Å². The van der Waals surface area contributed by atoms with Crippen LogP contribution in [0.3, 0.4) is 0 Å². The number of carbonyl (C=O) groups is 1. The number of benzene rings is 2. The number of anilines is 2. The first-order chi connectivity index (χ1) is 16.0. The molecule has 4 aromatic heterocycles. The third-order valence-electron chi connectivity index (χ3n) is 5.30. The monoisotopic (exact) mass is 434 g/mol. The van der Waals surface area contributed by atoms with E-state index in [4.69, 9.17) is 11.5 Å². The summed E-state index contributed by atoms with van der Waals surface area (Å²) in [5.41, 5.74) is 15.0. The van der Waals surface area contributed by atoms with Crippen molar-refractivity contribution in [3.63, 3.8) is 0 Å². The Bertz CT molecular complexity index is 1680. The van der Waals surface area contributed by atoms with Crippen molar-refractivity contribution < 1.29 is 9.90 Å². The molecule has 8 heteroatoms. The molecule has 0 fully saturated rings. The lowest BCUT2D eigenvalue weighted by atomic mass is 10.1. The fourth-order valence-corrected chi connectivity index (χ4v) is 3.80. The van der Waals surface area contributed by atoms with E-state index in [0.29, 0.717) is 39.3 Å². The maximum absolute atomic E-state index is 10.7. The minimum Gasteiger partial charge on any atom is -0.508 e. The van der Waals surface area contributed by atoms with Gasteiger partial charge in [0.05, 0.1) is 11.0 Å². The number of hydrogen-bond acceptors (Lipinski definition) is 8. The normalized spacial score (nSPS) is 10.9. The van der Waals surface area contributed by atoms with Gasteiger partial charge in [0.15, 0.2) is 11.6 Å². The van der Waals surface area contributed by atoms with Crippen LogP contribution in [0.1, 0.15) is 10.4 Å². The van der Waals surface area contributed by atoms with E-state index in [1.165, 1.54) is 0 Å². The molecule has 0 saturated heterocycles. The highest BCUT2D eigenvalue weighted by atomic mass is 16.3. The van der Waals surface area contributed by atoms with E-state index in [2.05, 4.69) is 19.9 Å². The van der Waals surface area contributed by atoms with Crippen molar-refractivity contribution in [2.75, 3.05) is 11.5 Å². The molecular weight excluding hydrogens is 416 g/mol. The summed E-state index contributed by atoms with van der Waals surface area (Å²) in [6.45, 7) is 0. The van der Waals surface area contributed by atoms with Crippen LogP contribution in [0, 0.1) is 0 Å². The van der Waals surface area contributed by atoms with Gasteiger partial charge in [-0.2, -0.15) is 0 Å². The van der Waals surface area contributed by atoms with E-state index in [-0.39, 0.29) is 5.75 Å². The first-order valence-corrected chi connectivity index (χ1v) is 10.1. The van der Waals surface area contributed by atoms with Gasteiger partial charge in [-0.1, -0.05) is 24.3 Å². The summed E-state index contributed by atoms with van der Waals surface area (Å²) in [5, 5.41) is 13.2. The van der Waals surface area contributed by atoms with Crippen LogP contribution in [0.5, 0.6) is 5.75 Å². The van der Waals surface area contributed by atoms with Gasteiger partial charge < -0.3 is 16.6 Å². The molecule has 2 aromatic carbocycles. The Hall–Kier alpha value is -4.85. The minimum absolute atomic E-state index is 0.183. The Morgan fingerprint density at radius 3 is 1.82 bits per heavy atom. The van der Waals surface area contributed by atoms with Crippen molar-refractivity contribution in [3.05, 3.63) is 78.6 Å². The molecule has 160 valence electrons. The van der Waals surface area contributed by atoms with Gasteiger partial charge in [0.2, 0.25) is 0 Å². The highest BCUT2D eigenvalue weighted by molar-refractivity contribution is 6.09. The maximum atomic E-state index is 10.7. The molecule has 0 radical (unpaired) electrons. The number of rotatable bonds is 1. The zero-order valence-corrected chi connectivity index (χ0v) is 17.3. The lowest BCUT2D eigenvalue weighted by molar-refractivity contribution is 0.112. The lowest BCUT2D eigenvalue weighted by Crippen LogP contribution is -1.95. The second-order valence-electron chi connectivity index (χ2n) is 7.39. The van der Waals surface area contributed by atoms with Gasteiger partial charge in [-0.25, -0.2) is 9.97 Å². The number of aromatic hydroxyl groups is 1. The molecule has 6 rings (SSSR count). The van der Waals surface area contributed by atoms with Gasteiger partial charge in [-0.3, -0.25) is 14.8 Å². The summed E-state index contributed by atoms with van der Waals surface area (Å²) in [5.74, 6) is 0.951. The molecule has 0 spiro atoms. The van der Waals surface area contributed by atoms with Crippen molar-refractivity contribution in [2.45, 2.75) is 0 Å². The predicted octanol–water partition coefficient (Wildman–Crippen LogP) is 4.25. The van der Waals surface area contributed by atoms with Crippen molar-refractivity contribution >= 4 is 61.5 Å². The number of nitrogens with zero attached hydrogens (tertiary/aromatic N) is 4. The largest absolute Gasteiger partial charge is 0.508 e. The molecule has 0 aliphatic heterocycles. The molecule has 0 unspecified atom stereocenters. The van der Waals surface area contributed by atoms with Crippen LogP contribution < -0.4 is 11.5 Å². The Balaban J connectivity index is 0.000000139. The average Bonchev–Trinajstić information content (AvgIpc) is 2.84. The number of nitrogens with two attached hydrogens (primary N) is 2. The molecule has 33 heavy (non-hydrogen) atoms. The van der Waals surface area contributed by atoms with E-state index in [1.54, 1.807) is 36.7 Å². The van der Waals surface area contributed by atoms with Gasteiger partial charge >= 0.3 is 0 Å². The fraction of sp³-hybridized carbons (Fsp3) is 0. The van der Waals surface area contributed by atoms with Crippen LogP contribution in [0.15, 0.2) is 73.1 Å². The number of hydrogen-bond donors (Lipinski definition) is 3. The molecule has 0 aliphatic carbocycles. The van der Waals surface area contributed by atoms with Crippen molar-refractivity contribution in [2.24, 2.45) is 0 Å². The van der Waals surface area contributed by atoms with Crippen molar-refractivity contribution in [3.8, 4) is 5.75 Å². The molecule has 0 atom stereocenters. The third kappa shape index (κ3) is 3.59. The molecule has 0 aliphatic rings. The average molecular weight is 434 g/mol. The molecule has 0 saturated carbocycles. The van der Waals surface area contributed by atoms with E-state index >= 15 is 0 Å². The van der Waals surface area contributed by atoms with Crippen LogP contribution >= 0.6 is 0 Å². The second-order valence-corrected chi connectivity index (χ2v) is 7.39. The molecule has 5 N–H and O–H groups in total. The smallest absolute Gasteiger partial charge is 0.150 e. The molecule has 4 heterocycles. The maximum Gasteiger partial charge on any atom is 0.150 e. The quantitative estimate of drug-likeness (QED) is 0.258. The van der Waals surface area contributed by atoms with Gasteiger partial charge in [0.25, 0.3) is 0 Å². The number of carbonyl (C=O) groups excluding carboxylic acids is 1. The van der Waals surface area contributed by atoms with Gasteiger partial charge in [-0.05, 0) is 30.3 Å². The van der Waals surface area contributed by atoms with E-state index in [9.17, 15) is 9.90 Å². The van der Waals surface area contributed by atoms with Gasteiger partial charge in [0.1, 0.15) is 23.1 Å². The second kappa shape index (κ2) is 8.01. The first-order valence-electron chi connectivity index (χ1n) is 10.1. The standard InChI is InChI=1S/C13H9N3O.C12H9N3O/c14-13-12-10(2-1-5-15-12)9-4-3-8(7-17)6-11(9)16-13;13-12-11-9(2-1-5-14-11)8-4-3-7(16)6-10(8)15-12/h1-7H,(H2,14,16);1-6,16H,(H2,13,15). The Labute approximate surface area is 187 Å². The molecule has 0 bridgehead atoms. The molecule has 8 nitrogen and oxygen atoms in total. The number of aldehydes is 1. The number of phenols is 1.